The van der Waals surface area contributed by atoms with Crippen molar-refractivity contribution < 1.29 is 18.0 Å². The Kier molecular flexibility index (Phi) is 3.97. The molecule has 1 aromatic carbocycles. The number of hydrogen-bond donors (Lipinski definition) is 1. The first-order valence-corrected chi connectivity index (χ1v) is 9.92. The summed E-state index contributed by atoms with van der Waals surface area (Å²) >= 11 is 0. The van der Waals surface area contributed by atoms with E-state index in [0.29, 0.717) is 28.8 Å². The van der Waals surface area contributed by atoms with Crippen LogP contribution in [-0.2, 0) is 13.5 Å². The molecule has 1 N–H and O–H groups in total. The normalized spacial score (nSPS) is 15.9. The highest BCUT2D eigenvalue weighted by Gasteiger charge is 2.40. The van der Waals surface area contributed by atoms with Crippen LogP contribution in [0.3, 0.4) is 0 Å². The van der Waals surface area contributed by atoms with Gasteiger partial charge in [-0.15, -0.1) is 10.2 Å². The Morgan fingerprint density at radius 2 is 2.09 bits per heavy atom. The lowest BCUT2D eigenvalue weighted by Gasteiger charge is -2.32. The van der Waals surface area contributed by atoms with Crippen LogP contribution in [0.1, 0.15) is 33.9 Å². The zero-order valence-electron chi connectivity index (χ0n) is 16.8. The van der Waals surface area contributed by atoms with Crippen LogP contribution in [0.5, 0.6) is 0 Å². The van der Waals surface area contributed by atoms with E-state index in [0.717, 1.165) is 5.69 Å². The Morgan fingerprint density at radius 1 is 1.22 bits per heavy atom. The highest BCUT2D eigenvalue weighted by atomic mass is 19.1. The minimum atomic E-state index is -0.880. The van der Waals surface area contributed by atoms with Crippen LogP contribution in [-0.4, -0.2) is 47.1 Å². The van der Waals surface area contributed by atoms with E-state index in [-0.39, 0.29) is 24.1 Å². The summed E-state index contributed by atoms with van der Waals surface area (Å²) < 4.78 is 28.5. The first-order valence-electron chi connectivity index (χ1n) is 9.92. The lowest BCUT2D eigenvalue weighted by molar-refractivity contribution is 0.0628. The van der Waals surface area contributed by atoms with E-state index in [1.54, 1.807) is 48.4 Å². The third-order valence-corrected chi connectivity index (χ3v) is 5.53. The van der Waals surface area contributed by atoms with E-state index in [4.69, 9.17) is 8.83 Å². The maximum atomic E-state index is 15.3. The molecule has 0 aliphatic carbocycles. The Morgan fingerprint density at radius 3 is 2.91 bits per heavy atom. The van der Waals surface area contributed by atoms with Gasteiger partial charge in [-0.3, -0.25) is 4.79 Å². The average molecular weight is 433 g/mol. The van der Waals surface area contributed by atoms with Crippen LogP contribution < -0.4 is 0 Å². The molecule has 1 atom stereocenters. The number of aromatic nitrogens is 6. The first kappa shape index (κ1) is 18.5. The van der Waals surface area contributed by atoms with E-state index in [9.17, 15) is 4.79 Å². The van der Waals surface area contributed by atoms with E-state index >= 15 is 4.39 Å². The van der Waals surface area contributed by atoms with Crippen molar-refractivity contribution >= 4 is 16.9 Å². The molecule has 160 valence electrons. The van der Waals surface area contributed by atoms with E-state index in [2.05, 4.69) is 25.1 Å². The average Bonchev–Trinajstić information content (AvgIpc) is 3.59. The van der Waals surface area contributed by atoms with Crippen LogP contribution in [0, 0.1) is 5.82 Å². The maximum absolute atomic E-state index is 15.3. The van der Waals surface area contributed by atoms with Crippen LogP contribution in [0.4, 0.5) is 4.39 Å². The minimum absolute atomic E-state index is 0.0112. The third-order valence-electron chi connectivity index (χ3n) is 5.53. The second kappa shape index (κ2) is 6.87. The van der Waals surface area contributed by atoms with Crippen molar-refractivity contribution in [3.63, 3.8) is 0 Å². The Hall–Kier alpha value is -4.28. The van der Waals surface area contributed by atoms with Gasteiger partial charge >= 0.3 is 11.8 Å². The summed E-state index contributed by atoms with van der Waals surface area (Å²) in [6.45, 7) is 0.288. The number of rotatable bonds is 3. The SMILES string of the molecule is Cn1cnc(-c2nnc(C(=O)N3CCc4[nH]cnc4[C@@H]3c3oc4ccccc4c3F)o2)c1. The van der Waals surface area contributed by atoms with E-state index in [1.807, 2.05) is 0 Å². The number of fused-ring (bicyclic) bond motifs is 2. The zero-order valence-corrected chi connectivity index (χ0v) is 16.8. The number of nitrogens with one attached hydrogen (secondary N) is 1. The van der Waals surface area contributed by atoms with Gasteiger partial charge in [-0.1, -0.05) is 12.1 Å². The molecule has 1 amide bonds. The molecule has 11 heteroatoms. The predicted molar refractivity (Wildman–Crippen MR) is 108 cm³/mol. The lowest BCUT2D eigenvalue weighted by Crippen LogP contribution is -2.41. The van der Waals surface area contributed by atoms with Gasteiger partial charge in [0.05, 0.1) is 23.7 Å². The molecular weight excluding hydrogens is 417 g/mol. The summed E-state index contributed by atoms with van der Waals surface area (Å²) in [5.41, 5.74) is 2.18. The topological polar surface area (TPSA) is 119 Å². The lowest BCUT2D eigenvalue weighted by atomic mass is 9.99. The van der Waals surface area contributed by atoms with Crippen molar-refractivity contribution in [2.75, 3.05) is 6.54 Å². The second-order valence-electron chi connectivity index (χ2n) is 7.53. The molecule has 32 heavy (non-hydrogen) atoms. The Bertz CT molecular complexity index is 1460. The minimum Gasteiger partial charge on any atom is -0.455 e. The largest absolute Gasteiger partial charge is 0.455 e. The van der Waals surface area contributed by atoms with Crippen LogP contribution >= 0.6 is 0 Å². The molecule has 1 aliphatic rings. The van der Waals surface area contributed by atoms with Gasteiger partial charge in [-0.2, -0.15) is 0 Å². The number of amides is 1. The molecule has 0 unspecified atom stereocenters. The van der Waals surface area contributed by atoms with Gasteiger partial charge in [-0.25, -0.2) is 14.4 Å². The molecule has 0 saturated heterocycles. The number of benzene rings is 1. The fraction of sp³-hybridized carbons (Fsp3) is 0.190. The third kappa shape index (κ3) is 2.74. The summed E-state index contributed by atoms with van der Waals surface area (Å²) in [5, 5.41) is 8.19. The number of hydrogen-bond acceptors (Lipinski definition) is 7. The van der Waals surface area contributed by atoms with Crippen LogP contribution in [0.15, 0.2) is 52.0 Å². The predicted octanol–water partition coefficient (Wildman–Crippen LogP) is 2.87. The molecule has 10 nitrogen and oxygen atoms in total. The van der Waals surface area contributed by atoms with Crippen molar-refractivity contribution in [2.24, 2.45) is 7.05 Å². The van der Waals surface area contributed by atoms with E-state index in [1.165, 1.54) is 11.2 Å². The number of aryl methyl sites for hydroxylation is 1. The van der Waals surface area contributed by atoms with Gasteiger partial charge in [0.15, 0.2) is 11.6 Å². The molecule has 6 rings (SSSR count). The molecule has 0 saturated carbocycles. The Labute approximate surface area is 179 Å². The number of nitrogens with zero attached hydrogens (tertiary/aromatic N) is 6. The monoisotopic (exact) mass is 433 g/mol. The summed E-state index contributed by atoms with van der Waals surface area (Å²) in [6.07, 6.45) is 5.33. The molecule has 0 spiro atoms. The Balaban J connectivity index is 1.43. The number of furan rings is 1. The molecule has 1 aliphatic heterocycles. The maximum Gasteiger partial charge on any atom is 0.312 e. The number of aromatic amines is 1. The van der Waals surface area contributed by atoms with Gasteiger partial charge in [0, 0.05) is 31.9 Å². The summed E-state index contributed by atoms with van der Waals surface area (Å²) in [7, 11) is 1.81. The number of halogens is 1. The molecule has 5 aromatic rings. The first-order chi connectivity index (χ1) is 15.6. The molecule has 0 bridgehead atoms. The summed E-state index contributed by atoms with van der Waals surface area (Å²) in [6, 6.07) is 5.92. The zero-order chi connectivity index (χ0) is 21.8. The fourth-order valence-electron chi connectivity index (χ4n) is 4.03. The van der Waals surface area contributed by atoms with Crippen molar-refractivity contribution in [3.8, 4) is 11.6 Å². The van der Waals surface area contributed by atoms with Crippen molar-refractivity contribution in [2.45, 2.75) is 12.5 Å². The van der Waals surface area contributed by atoms with Gasteiger partial charge in [-0.05, 0) is 12.1 Å². The summed E-state index contributed by atoms with van der Waals surface area (Å²) in [5.74, 6) is -1.15. The van der Waals surface area contributed by atoms with Gasteiger partial charge in [0.1, 0.15) is 17.3 Å². The smallest absolute Gasteiger partial charge is 0.312 e. The molecular formula is C21H16FN7O3. The second-order valence-corrected chi connectivity index (χ2v) is 7.53. The van der Waals surface area contributed by atoms with Crippen LogP contribution in [0.25, 0.3) is 22.6 Å². The van der Waals surface area contributed by atoms with Gasteiger partial charge in [0.2, 0.25) is 0 Å². The standard InChI is InChI=1S/C21H16FN7O3/c1-28-8-13(25-10-28)19-26-27-20(32-19)21(30)29-7-6-12-16(24-9-23-12)17(29)18-15(22)11-4-2-3-5-14(11)31-18/h2-5,8-10,17H,6-7H2,1H3,(H,23,24)/t17-/m1/s1. The number of H-pyrrole nitrogens is 1. The van der Waals surface area contributed by atoms with E-state index < -0.39 is 17.8 Å². The quantitative estimate of drug-likeness (QED) is 0.465. The fourth-order valence-corrected chi connectivity index (χ4v) is 4.03. The molecule has 5 heterocycles. The van der Waals surface area contributed by atoms with Crippen molar-refractivity contribution in [3.05, 3.63) is 72.0 Å². The number of carbonyl (C=O) groups excluding carboxylic acids is 1. The van der Waals surface area contributed by atoms with Crippen LogP contribution in [0.2, 0.25) is 0 Å². The molecule has 4 aromatic heterocycles. The number of imidazole rings is 2. The van der Waals surface area contributed by atoms with Gasteiger partial charge < -0.3 is 23.3 Å². The van der Waals surface area contributed by atoms with Gasteiger partial charge in [0.25, 0.3) is 5.89 Å². The highest BCUT2D eigenvalue weighted by molar-refractivity contribution is 5.90. The summed E-state index contributed by atoms with van der Waals surface area (Å²) in [4.78, 5) is 26.4. The number of carbonyl (C=O) groups is 1. The highest BCUT2D eigenvalue weighted by Crippen LogP contribution is 2.39. The van der Waals surface area contributed by atoms with Crippen molar-refractivity contribution in [1.82, 2.24) is 34.6 Å². The number of para-hydroxylation sites is 1. The van der Waals surface area contributed by atoms with Crippen molar-refractivity contribution in [1.29, 1.82) is 0 Å². The molecule has 0 radical (unpaired) electrons. The molecule has 0 fully saturated rings.